The number of carbonyl (C=O) groups is 1. The van der Waals surface area contributed by atoms with Crippen molar-refractivity contribution in [2.45, 2.75) is 18.6 Å². The Morgan fingerprint density at radius 2 is 2.05 bits per heavy atom. The standard InChI is InChI=1S/C11H10F3NO3S/c12-11(13,14)8-3-1-7(2-4-8)5-9-6-18-19-15(9)10(16)17/h1-4,9H,5-6H2,(H,16,17)/t9-/m0/s1. The largest absolute Gasteiger partial charge is 0.464 e. The van der Waals surface area contributed by atoms with Crippen LogP contribution >= 0.6 is 12.2 Å². The van der Waals surface area contributed by atoms with Crippen LogP contribution in [0, 0.1) is 0 Å². The van der Waals surface area contributed by atoms with E-state index in [9.17, 15) is 18.0 Å². The molecule has 2 rings (SSSR count). The molecule has 1 amide bonds. The van der Waals surface area contributed by atoms with E-state index < -0.39 is 17.8 Å². The predicted octanol–water partition coefficient (Wildman–Crippen LogP) is 3.19. The first-order valence-corrected chi connectivity index (χ1v) is 6.05. The van der Waals surface area contributed by atoms with Gasteiger partial charge in [0.15, 0.2) is 0 Å². The lowest BCUT2D eigenvalue weighted by Crippen LogP contribution is -2.32. The second-order valence-corrected chi connectivity index (χ2v) is 4.80. The number of nitrogens with zero attached hydrogens (tertiary/aromatic N) is 1. The van der Waals surface area contributed by atoms with Crippen molar-refractivity contribution >= 4 is 18.3 Å². The fourth-order valence-corrected chi connectivity index (χ4v) is 2.38. The highest BCUT2D eigenvalue weighted by Crippen LogP contribution is 2.30. The molecular formula is C11H10F3NO3S. The molecule has 1 atom stereocenters. The molecule has 19 heavy (non-hydrogen) atoms. The van der Waals surface area contributed by atoms with Crippen molar-refractivity contribution in [2.75, 3.05) is 6.61 Å². The first-order valence-electron chi connectivity index (χ1n) is 5.36. The highest BCUT2D eigenvalue weighted by atomic mass is 32.2. The number of rotatable bonds is 2. The minimum absolute atomic E-state index is 0.220. The molecule has 0 radical (unpaired) electrons. The van der Waals surface area contributed by atoms with Crippen LogP contribution in [0.5, 0.6) is 0 Å². The van der Waals surface area contributed by atoms with Crippen LogP contribution in [0.3, 0.4) is 0 Å². The predicted molar refractivity (Wildman–Crippen MR) is 62.3 cm³/mol. The van der Waals surface area contributed by atoms with Crippen LogP contribution < -0.4 is 0 Å². The van der Waals surface area contributed by atoms with E-state index in [1.54, 1.807) is 0 Å². The second kappa shape index (κ2) is 5.30. The molecule has 0 bridgehead atoms. The van der Waals surface area contributed by atoms with Crippen molar-refractivity contribution in [3.05, 3.63) is 35.4 Å². The van der Waals surface area contributed by atoms with E-state index >= 15 is 0 Å². The van der Waals surface area contributed by atoms with E-state index in [0.717, 1.165) is 28.7 Å². The fourth-order valence-electron chi connectivity index (χ4n) is 1.73. The molecule has 0 aliphatic carbocycles. The molecule has 0 unspecified atom stereocenters. The number of hydrogen-bond donors (Lipinski definition) is 1. The minimum Gasteiger partial charge on any atom is -0.464 e. The Morgan fingerprint density at radius 3 is 2.58 bits per heavy atom. The topological polar surface area (TPSA) is 49.8 Å². The average Bonchev–Trinajstić information content (AvgIpc) is 2.77. The Bertz CT molecular complexity index is 463. The maximum absolute atomic E-state index is 12.4. The Labute approximate surface area is 111 Å². The van der Waals surface area contributed by atoms with Crippen LogP contribution in [0.2, 0.25) is 0 Å². The van der Waals surface area contributed by atoms with Gasteiger partial charge >= 0.3 is 12.3 Å². The molecule has 1 aliphatic rings. The zero-order chi connectivity index (χ0) is 14.0. The summed E-state index contributed by atoms with van der Waals surface area (Å²) >= 11 is 0.739. The van der Waals surface area contributed by atoms with Crippen LogP contribution in [0.4, 0.5) is 18.0 Å². The van der Waals surface area contributed by atoms with Gasteiger partial charge in [-0.25, -0.2) is 9.10 Å². The molecule has 1 aromatic carbocycles. The van der Waals surface area contributed by atoms with Crippen molar-refractivity contribution in [3.8, 4) is 0 Å². The summed E-state index contributed by atoms with van der Waals surface area (Å²) in [5, 5.41) is 8.89. The Hall–Kier alpha value is -1.41. The van der Waals surface area contributed by atoms with E-state index in [1.807, 2.05) is 0 Å². The van der Waals surface area contributed by atoms with Crippen LogP contribution in [0.25, 0.3) is 0 Å². The summed E-state index contributed by atoms with van der Waals surface area (Å²) in [5.41, 5.74) is -0.0845. The zero-order valence-electron chi connectivity index (χ0n) is 9.55. The summed E-state index contributed by atoms with van der Waals surface area (Å²) in [7, 11) is 0. The summed E-state index contributed by atoms with van der Waals surface area (Å²) in [6.07, 6.45) is -5.17. The van der Waals surface area contributed by atoms with Gasteiger partial charge in [0.1, 0.15) is 12.2 Å². The van der Waals surface area contributed by atoms with Gasteiger partial charge < -0.3 is 5.11 Å². The Balaban J connectivity index is 2.06. The summed E-state index contributed by atoms with van der Waals surface area (Å²) < 4.78 is 43.2. The molecule has 1 aromatic rings. The highest BCUT2D eigenvalue weighted by molar-refractivity contribution is 7.93. The van der Waals surface area contributed by atoms with Gasteiger partial charge in [0.05, 0.1) is 18.2 Å². The molecule has 1 aliphatic heterocycles. The number of hydrogen-bond acceptors (Lipinski definition) is 3. The van der Waals surface area contributed by atoms with Gasteiger partial charge in [-0.2, -0.15) is 13.2 Å². The van der Waals surface area contributed by atoms with Gasteiger partial charge in [-0.05, 0) is 24.1 Å². The molecule has 4 nitrogen and oxygen atoms in total. The maximum Gasteiger partial charge on any atom is 0.419 e. The van der Waals surface area contributed by atoms with Crippen LogP contribution in [0.1, 0.15) is 11.1 Å². The van der Waals surface area contributed by atoms with Gasteiger partial charge in [-0.3, -0.25) is 4.18 Å². The third kappa shape index (κ3) is 3.32. The second-order valence-electron chi connectivity index (χ2n) is 4.02. The number of carboxylic acid groups (broad SMARTS) is 1. The van der Waals surface area contributed by atoms with Crippen LogP contribution in [-0.4, -0.2) is 28.2 Å². The van der Waals surface area contributed by atoms with E-state index in [2.05, 4.69) is 0 Å². The summed E-state index contributed by atoms with van der Waals surface area (Å²) in [5.74, 6) is 0. The molecule has 8 heteroatoms. The van der Waals surface area contributed by atoms with Gasteiger partial charge in [0.25, 0.3) is 0 Å². The van der Waals surface area contributed by atoms with Gasteiger partial charge in [0, 0.05) is 0 Å². The number of amides is 1. The normalized spacial score (nSPS) is 19.7. The third-order valence-electron chi connectivity index (χ3n) is 2.67. The molecule has 0 spiro atoms. The SMILES string of the molecule is O=C(O)N1SOC[C@@H]1Cc1ccc(C(F)(F)F)cc1. The van der Waals surface area contributed by atoms with Gasteiger partial charge in [-0.1, -0.05) is 12.1 Å². The Kier molecular flexibility index (Phi) is 3.91. The average molecular weight is 293 g/mol. The van der Waals surface area contributed by atoms with Crippen molar-refractivity contribution in [1.29, 1.82) is 0 Å². The molecular weight excluding hydrogens is 283 g/mol. The zero-order valence-corrected chi connectivity index (χ0v) is 10.4. The lowest BCUT2D eigenvalue weighted by Gasteiger charge is -2.17. The molecule has 104 valence electrons. The van der Waals surface area contributed by atoms with Crippen molar-refractivity contribution in [3.63, 3.8) is 0 Å². The molecule has 1 fully saturated rings. The van der Waals surface area contributed by atoms with Crippen molar-refractivity contribution < 1.29 is 27.3 Å². The smallest absolute Gasteiger partial charge is 0.419 e. The minimum atomic E-state index is -4.36. The maximum atomic E-state index is 12.4. The first-order chi connectivity index (χ1) is 8.88. The highest BCUT2D eigenvalue weighted by Gasteiger charge is 2.32. The van der Waals surface area contributed by atoms with Crippen molar-refractivity contribution in [1.82, 2.24) is 4.31 Å². The monoisotopic (exact) mass is 293 g/mol. The quantitative estimate of drug-likeness (QED) is 0.672. The van der Waals surface area contributed by atoms with Crippen molar-refractivity contribution in [2.24, 2.45) is 0 Å². The molecule has 0 saturated carbocycles. The van der Waals surface area contributed by atoms with Gasteiger partial charge in [-0.15, -0.1) is 0 Å². The van der Waals surface area contributed by atoms with Crippen LogP contribution in [-0.2, 0) is 16.8 Å². The van der Waals surface area contributed by atoms with E-state index in [1.165, 1.54) is 12.1 Å². The lowest BCUT2D eigenvalue weighted by atomic mass is 10.0. The van der Waals surface area contributed by atoms with E-state index in [-0.39, 0.29) is 12.6 Å². The number of alkyl halides is 3. The lowest BCUT2D eigenvalue weighted by molar-refractivity contribution is -0.137. The third-order valence-corrected chi connectivity index (χ3v) is 3.52. The molecule has 1 heterocycles. The summed E-state index contributed by atoms with van der Waals surface area (Å²) in [6, 6.07) is 4.30. The summed E-state index contributed by atoms with van der Waals surface area (Å²) in [6.45, 7) is 0.220. The van der Waals surface area contributed by atoms with E-state index in [4.69, 9.17) is 9.29 Å². The van der Waals surface area contributed by atoms with E-state index in [0.29, 0.717) is 12.0 Å². The van der Waals surface area contributed by atoms with Crippen LogP contribution in [0.15, 0.2) is 24.3 Å². The van der Waals surface area contributed by atoms with Gasteiger partial charge in [0.2, 0.25) is 0 Å². The molecule has 1 saturated heterocycles. The number of halogens is 3. The molecule has 1 N–H and O–H groups in total. The Morgan fingerprint density at radius 1 is 1.42 bits per heavy atom. The fraction of sp³-hybridized carbons (Fsp3) is 0.364. The number of benzene rings is 1. The molecule has 0 aromatic heterocycles. The summed E-state index contributed by atoms with van der Waals surface area (Å²) in [4.78, 5) is 10.9. The first kappa shape index (κ1) is 14.0.